The fraction of sp³-hybridized carbons (Fsp3) is 0.526. The maximum Gasteiger partial charge on any atom is 0.224 e. The minimum atomic E-state index is -0.335. The van der Waals surface area contributed by atoms with Crippen LogP contribution in [-0.2, 0) is 4.79 Å². The quantitative estimate of drug-likeness (QED) is 0.843. The number of hydrogen-bond donors (Lipinski definition) is 1. The molecule has 1 aromatic rings. The van der Waals surface area contributed by atoms with Crippen LogP contribution in [0.2, 0.25) is 0 Å². The van der Waals surface area contributed by atoms with Crippen LogP contribution < -0.4 is 15.2 Å². The van der Waals surface area contributed by atoms with Gasteiger partial charge in [-0.2, -0.15) is 0 Å². The summed E-state index contributed by atoms with van der Waals surface area (Å²) >= 11 is 0. The summed E-state index contributed by atoms with van der Waals surface area (Å²) in [7, 11) is 3.20. The molecule has 2 N–H and O–H groups in total. The normalized spacial score (nSPS) is 23.7. The molecule has 1 saturated heterocycles. The Morgan fingerprint density at radius 1 is 1.17 bits per heavy atom. The lowest BCUT2D eigenvalue weighted by Crippen LogP contribution is -2.31. The predicted molar refractivity (Wildman–Crippen MR) is 93.0 cm³/mol. The highest BCUT2D eigenvalue weighted by molar-refractivity contribution is 5.77. The number of allylic oxidation sites excluding steroid dienone is 2. The Morgan fingerprint density at radius 2 is 1.79 bits per heavy atom. The molecule has 1 heterocycles. The van der Waals surface area contributed by atoms with E-state index in [9.17, 15) is 4.79 Å². The van der Waals surface area contributed by atoms with Crippen LogP contribution >= 0.6 is 0 Å². The topological polar surface area (TPSA) is 64.8 Å². The number of nitrogens with two attached hydrogens (primary N) is 1. The summed E-state index contributed by atoms with van der Waals surface area (Å²) in [5.74, 6) is 2.69. The third kappa shape index (κ3) is 3.41. The molecule has 1 aromatic carbocycles. The Kier molecular flexibility index (Phi) is 5.09. The summed E-state index contributed by atoms with van der Waals surface area (Å²) in [4.78, 5) is 14.6. The highest BCUT2D eigenvalue weighted by Crippen LogP contribution is 2.34. The number of likely N-dealkylation sites (tertiary alicyclic amines) is 1. The van der Waals surface area contributed by atoms with Crippen molar-refractivity contribution in [2.24, 2.45) is 17.6 Å². The van der Waals surface area contributed by atoms with Crippen molar-refractivity contribution in [3.05, 3.63) is 35.9 Å². The average molecular weight is 330 g/mol. The number of methoxy groups -OCH3 is 2. The number of carbonyl (C=O) groups is 1. The van der Waals surface area contributed by atoms with Crippen molar-refractivity contribution in [3.63, 3.8) is 0 Å². The summed E-state index contributed by atoms with van der Waals surface area (Å²) in [5, 5.41) is 0. The van der Waals surface area contributed by atoms with Crippen molar-refractivity contribution in [2.75, 3.05) is 27.3 Å². The first-order chi connectivity index (χ1) is 11.6. The van der Waals surface area contributed by atoms with Gasteiger partial charge in [0, 0.05) is 25.6 Å². The van der Waals surface area contributed by atoms with Gasteiger partial charge in [0.1, 0.15) is 0 Å². The van der Waals surface area contributed by atoms with Crippen molar-refractivity contribution in [1.29, 1.82) is 0 Å². The van der Waals surface area contributed by atoms with Crippen molar-refractivity contribution in [2.45, 2.75) is 25.3 Å². The maximum absolute atomic E-state index is 12.6. The number of hydrogen-bond acceptors (Lipinski definition) is 4. The van der Waals surface area contributed by atoms with E-state index in [0.717, 1.165) is 31.5 Å². The van der Waals surface area contributed by atoms with Gasteiger partial charge in [-0.1, -0.05) is 18.2 Å². The summed E-state index contributed by atoms with van der Waals surface area (Å²) in [6.07, 6.45) is 6.99. The lowest BCUT2D eigenvalue weighted by atomic mass is 9.86. The van der Waals surface area contributed by atoms with Gasteiger partial charge in [-0.25, -0.2) is 0 Å². The summed E-state index contributed by atoms with van der Waals surface area (Å²) < 4.78 is 10.6. The van der Waals surface area contributed by atoms with Crippen molar-refractivity contribution in [1.82, 2.24) is 4.90 Å². The molecule has 2 aliphatic rings. The van der Waals surface area contributed by atoms with Gasteiger partial charge in [0.2, 0.25) is 5.91 Å². The number of benzene rings is 1. The molecule has 0 spiro atoms. The van der Waals surface area contributed by atoms with Crippen molar-refractivity contribution < 1.29 is 14.3 Å². The van der Waals surface area contributed by atoms with Crippen molar-refractivity contribution >= 4 is 5.91 Å². The molecule has 1 aliphatic carbocycles. The molecule has 3 atom stereocenters. The Balaban J connectivity index is 1.62. The molecule has 0 radical (unpaired) electrons. The van der Waals surface area contributed by atoms with Crippen LogP contribution in [0.25, 0.3) is 0 Å². The summed E-state index contributed by atoms with van der Waals surface area (Å²) in [6, 6.07) is 5.24. The third-order valence-corrected chi connectivity index (χ3v) is 5.20. The van der Waals surface area contributed by atoms with E-state index in [-0.39, 0.29) is 11.9 Å². The Morgan fingerprint density at radius 3 is 2.38 bits per heavy atom. The first-order valence-corrected chi connectivity index (χ1v) is 8.52. The number of ether oxygens (including phenoxy) is 2. The molecule has 0 saturated carbocycles. The second kappa shape index (κ2) is 7.26. The van der Waals surface area contributed by atoms with Gasteiger partial charge in [0.05, 0.1) is 14.2 Å². The molecule has 1 amide bonds. The fourth-order valence-corrected chi connectivity index (χ4v) is 3.74. The minimum Gasteiger partial charge on any atom is -0.493 e. The van der Waals surface area contributed by atoms with Crippen LogP contribution in [0.3, 0.4) is 0 Å². The molecule has 1 fully saturated rings. The van der Waals surface area contributed by atoms with Gasteiger partial charge in [-0.05, 0) is 42.4 Å². The van der Waals surface area contributed by atoms with E-state index >= 15 is 0 Å². The van der Waals surface area contributed by atoms with Gasteiger partial charge >= 0.3 is 0 Å². The average Bonchev–Trinajstić information content (AvgIpc) is 3.05. The maximum atomic E-state index is 12.6. The smallest absolute Gasteiger partial charge is 0.224 e. The van der Waals surface area contributed by atoms with E-state index in [1.807, 2.05) is 23.1 Å². The van der Waals surface area contributed by atoms with Crippen LogP contribution in [0.5, 0.6) is 11.5 Å². The molecular weight excluding hydrogens is 304 g/mol. The number of rotatable bonds is 5. The van der Waals surface area contributed by atoms with Gasteiger partial charge in [0.15, 0.2) is 11.5 Å². The number of nitrogens with zero attached hydrogens (tertiary/aromatic N) is 1. The lowest BCUT2D eigenvalue weighted by Gasteiger charge is -2.20. The lowest BCUT2D eigenvalue weighted by molar-refractivity contribution is -0.130. The van der Waals surface area contributed by atoms with Crippen LogP contribution in [0, 0.1) is 11.8 Å². The van der Waals surface area contributed by atoms with E-state index in [1.165, 1.54) is 0 Å². The SMILES string of the molecule is COc1ccc(C(N)CC(=O)N2C[C@H]3CC=CC[C@H]3C2)cc1OC. The molecule has 0 aromatic heterocycles. The molecule has 3 rings (SSSR count). The Hall–Kier alpha value is -2.01. The molecule has 130 valence electrons. The Bertz CT molecular complexity index is 613. The molecule has 5 nitrogen and oxygen atoms in total. The van der Waals surface area contributed by atoms with Gasteiger partial charge in [0.25, 0.3) is 0 Å². The Labute approximate surface area is 143 Å². The number of fused-ring (bicyclic) bond motifs is 1. The standard InChI is InChI=1S/C19H26N2O3/c1-23-17-8-7-13(9-18(17)24-2)16(20)10-19(22)21-11-14-5-3-4-6-15(14)12-21/h3-4,7-9,14-16H,5-6,10-12,20H2,1-2H3/t14-,15+,16?. The van der Waals surface area contributed by atoms with E-state index < -0.39 is 0 Å². The zero-order valence-corrected chi connectivity index (χ0v) is 14.4. The fourth-order valence-electron chi connectivity index (χ4n) is 3.74. The van der Waals surface area contributed by atoms with Gasteiger partial charge in [-0.15, -0.1) is 0 Å². The first-order valence-electron chi connectivity index (χ1n) is 8.52. The van der Waals surface area contributed by atoms with Crippen LogP contribution in [0.4, 0.5) is 0 Å². The van der Waals surface area contributed by atoms with E-state index in [1.54, 1.807) is 14.2 Å². The third-order valence-electron chi connectivity index (χ3n) is 5.20. The van der Waals surface area contributed by atoms with Crippen molar-refractivity contribution in [3.8, 4) is 11.5 Å². The highest BCUT2D eigenvalue weighted by atomic mass is 16.5. The number of carbonyl (C=O) groups excluding carboxylic acids is 1. The minimum absolute atomic E-state index is 0.145. The van der Waals surface area contributed by atoms with E-state index in [4.69, 9.17) is 15.2 Å². The first kappa shape index (κ1) is 16.8. The van der Waals surface area contributed by atoms with E-state index in [2.05, 4.69) is 12.2 Å². The second-order valence-electron chi connectivity index (χ2n) is 6.69. The molecule has 1 aliphatic heterocycles. The highest BCUT2D eigenvalue weighted by Gasteiger charge is 2.35. The largest absolute Gasteiger partial charge is 0.493 e. The monoisotopic (exact) mass is 330 g/mol. The zero-order valence-electron chi connectivity index (χ0n) is 14.4. The van der Waals surface area contributed by atoms with Gasteiger partial charge < -0.3 is 20.1 Å². The number of amides is 1. The molecule has 24 heavy (non-hydrogen) atoms. The molecular formula is C19H26N2O3. The summed E-state index contributed by atoms with van der Waals surface area (Å²) in [6.45, 7) is 1.74. The van der Waals surface area contributed by atoms with Gasteiger partial charge in [-0.3, -0.25) is 4.79 Å². The molecule has 1 unspecified atom stereocenters. The molecule has 5 heteroatoms. The summed E-state index contributed by atoms with van der Waals surface area (Å²) in [5.41, 5.74) is 7.16. The van der Waals surface area contributed by atoms with Crippen LogP contribution in [0.1, 0.15) is 30.9 Å². The van der Waals surface area contributed by atoms with Crippen LogP contribution in [0.15, 0.2) is 30.4 Å². The zero-order chi connectivity index (χ0) is 17.1. The van der Waals surface area contributed by atoms with E-state index in [0.29, 0.717) is 29.8 Å². The predicted octanol–water partition coefficient (Wildman–Crippen LogP) is 2.52. The molecule has 0 bridgehead atoms. The van der Waals surface area contributed by atoms with Crippen LogP contribution in [-0.4, -0.2) is 38.1 Å². The second-order valence-corrected chi connectivity index (χ2v) is 6.69.